The van der Waals surface area contributed by atoms with Crippen LogP contribution >= 0.6 is 23.2 Å². The molecule has 4 fully saturated rings. The quantitative estimate of drug-likeness (QED) is 0.0361. The minimum absolute atomic E-state index is 0.00565. The normalized spacial score (nSPS) is 22.3. The van der Waals surface area contributed by atoms with Crippen LogP contribution in [-0.2, 0) is 42.4 Å². The van der Waals surface area contributed by atoms with E-state index in [1.54, 1.807) is 60.7 Å². The number of benzene rings is 4. The molecule has 0 spiro atoms. The van der Waals surface area contributed by atoms with E-state index in [2.05, 4.69) is 73.1 Å². The number of halogens is 2. The van der Waals surface area contributed by atoms with Crippen molar-refractivity contribution in [3.05, 3.63) is 116 Å². The number of nitrogens with one attached hydrogen (secondary N) is 8. The lowest BCUT2D eigenvalue weighted by Crippen LogP contribution is -2.50. The maximum Gasteiger partial charge on any atom is 0.314 e. The second-order valence-corrected chi connectivity index (χ2v) is 27.8. The van der Waals surface area contributed by atoms with E-state index in [4.69, 9.17) is 42.1 Å². The monoisotopic (exact) mass is 1320 g/mol. The summed E-state index contributed by atoms with van der Waals surface area (Å²) in [4.78, 5) is 34.0. The van der Waals surface area contributed by atoms with E-state index in [1.807, 2.05) is 12.1 Å². The summed E-state index contributed by atoms with van der Waals surface area (Å²) in [7, 11) is -7.61. The van der Waals surface area contributed by atoms with Crippen LogP contribution in [0.1, 0.15) is 71.3 Å². The zero-order valence-electron chi connectivity index (χ0n) is 50.5. The van der Waals surface area contributed by atoms with Crippen molar-refractivity contribution in [2.24, 2.45) is 0 Å². The molecule has 4 amide bonds. The van der Waals surface area contributed by atoms with Gasteiger partial charge in [-0.05, 0) is 147 Å². The third kappa shape index (κ3) is 18.0. The van der Waals surface area contributed by atoms with Gasteiger partial charge >= 0.3 is 12.1 Å². The highest BCUT2D eigenvalue weighted by molar-refractivity contribution is 7.89. The number of nitrogens with zero attached hydrogens (tertiary/aromatic N) is 6. The van der Waals surface area contributed by atoms with Crippen LogP contribution in [0.5, 0.6) is 11.5 Å². The van der Waals surface area contributed by atoms with Gasteiger partial charge in [0.2, 0.25) is 20.0 Å². The Balaban J connectivity index is 0.522. The molecule has 4 saturated heterocycles. The number of fused-ring (bicyclic) bond motifs is 2. The molecule has 90 heavy (non-hydrogen) atoms. The van der Waals surface area contributed by atoms with E-state index in [0.29, 0.717) is 163 Å². The fourth-order valence-electron chi connectivity index (χ4n) is 12.8. The molecule has 6 atom stereocenters. The molecule has 0 radical (unpaired) electrons. The van der Waals surface area contributed by atoms with Crippen molar-refractivity contribution in [1.82, 2.24) is 60.9 Å². The first-order chi connectivity index (χ1) is 43.6. The molecule has 4 heterocycles. The Labute approximate surface area is 538 Å². The number of piperazine rings is 2. The first kappa shape index (κ1) is 67.0. The molecule has 24 nitrogen and oxygen atoms in total. The van der Waals surface area contributed by atoms with Crippen molar-refractivity contribution in [2.45, 2.75) is 84.7 Å². The molecule has 0 bridgehead atoms. The number of carbonyl (C=O) groups excluding carboxylic acids is 2. The van der Waals surface area contributed by atoms with Gasteiger partial charge in [-0.2, -0.15) is 10.5 Å². The van der Waals surface area contributed by atoms with Gasteiger partial charge in [-0.25, -0.2) is 35.9 Å². The van der Waals surface area contributed by atoms with E-state index < -0.39 is 20.0 Å². The molecule has 4 aromatic carbocycles. The molecule has 2 aliphatic carbocycles. The smallest absolute Gasteiger partial charge is 0.314 e. The summed E-state index contributed by atoms with van der Waals surface area (Å²) < 4.78 is 84.3. The molecule has 6 aliphatic rings. The summed E-state index contributed by atoms with van der Waals surface area (Å²) in [5.41, 5.74) is 4.76. The number of sulfonamides is 2. The van der Waals surface area contributed by atoms with Gasteiger partial charge in [0.05, 0.1) is 71.6 Å². The average molecular weight is 1320 g/mol. The fraction of sp³-hybridized carbons (Fsp3) is 0.548. The number of nitriles is 2. The highest BCUT2D eigenvalue weighted by Gasteiger charge is 2.42. The SMILES string of the molecule is N#Cc1cc(Cl)cc2c1C[C@H](N1CCNCC1)[C@H]2Oc1ccc(S(=O)(=O)N[C@@H]2CCN(CCOCCNC(=O)NCCCCNC(=O)NCCOCCN3CC[C@@H](NS(=O)(=O)c4ccc(O[C@H]5c6cc(Cl)cc(C#N)c6C[C@@H]5N5CCNCC5)cc4)C3)C2)cc1. The van der Waals surface area contributed by atoms with E-state index in [0.717, 1.165) is 74.6 Å². The number of amides is 4. The Morgan fingerprint density at radius 3 is 1.32 bits per heavy atom. The van der Waals surface area contributed by atoms with Crippen molar-refractivity contribution < 1.29 is 45.4 Å². The molecule has 10 rings (SSSR count). The molecule has 8 N–H and O–H groups in total. The summed E-state index contributed by atoms with van der Waals surface area (Å²) in [5, 5.41) is 38.7. The number of ether oxygens (including phenoxy) is 4. The van der Waals surface area contributed by atoms with Crippen molar-refractivity contribution >= 4 is 55.3 Å². The first-order valence-electron chi connectivity index (χ1n) is 31.2. The molecule has 0 aromatic heterocycles. The van der Waals surface area contributed by atoms with Crippen LogP contribution in [0.3, 0.4) is 0 Å². The van der Waals surface area contributed by atoms with Gasteiger partial charge in [0.25, 0.3) is 0 Å². The molecule has 486 valence electrons. The van der Waals surface area contributed by atoms with Crippen LogP contribution in [0.4, 0.5) is 9.59 Å². The maximum absolute atomic E-state index is 13.5. The Morgan fingerprint density at radius 1 is 0.544 bits per heavy atom. The highest BCUT2D eigenvalue weighted by Crippen LogP contribution is 2.43. The number of hydrogen-bond donors (Lipinski definition) is 8. The second kappa shape index (κ2) is 32.1. The third-order valence-corrected chi connectivity index (χ3v) is 21.0. The van der Waals surface area contributed by atoms with E-state index in [-0.39, 0.29) is 58.2 Å². The molecular weight excluding hydrogens is 1240 g/mol. The molecule has 4 aliphatic heterocycles. The zero-order chi connectivity index (χ0) is 63.0. The van der Waals surface area contributed by atoms with Crippen LogP contribution < -0.4 is 50.8 Å². The number of hydrogen-bond acceptors (Lipinski definition) is 18. The lowest BCUT2D eigenvalue weighted by molar-refractivity contribution is 0.0693. The van der Waals surface area contributed by atoms with Gasteiger partial charge in [0.15, 0.2) is 0 Å². The average Bonchev–Trinajstić information content (AvgIpc) is 1.64. The van der Waals surface area contributed by atoms with Crippen LogP contribution in [0.2, 0.25) is 10.0 Å². The number of likely N-dealkylation sites (tertiary alicyclic amines) is 2. The first-order valence-corrected chi connectivity index (χ1v) is 34.9. The van der Waals surface area contributed by atoms with Crippen LogP contribution in [0.25, 0.3) is 0 Å². The number of unbranched alkanes of at least 4 members (excludes halogenated alkanes) is 1. The molecule has 4 aromatic rings. The Bertz CT molecular complexity index is 3180. The maximum atomic E-state index is 13.5. The Kier molecular flexibility index (Phi) is 23.9. The van der Waals surface area contributed by atoms with Crippen LogP contribution in [0, 0.1) is 22.7 Å². The molecule has 0 saturated carbocycles. The highest BCUT2D eigenvalue weighted by atomic mass is 35.5. The summed E-state index contributed by atoms with van der Waals surface area (Å²) in [5.74, 6) is 1.06. The predicted octanol–water partition coefficient (Wildman–Crippen LogP) is 3.45. The van der Waals surface area contributed by atoms with Gasteiger partial charge < -0.3 is 50.8 Å². The molecular formula is C62H82Cl2N14O10S2. The molecule has 28 heteroatoms. The van der Waals surface area contributed by atoms with Crippen molar-refractivity contribution in [1.29, 1.82) is 10.5 Å². The largest absolute Gasteiger partial charge is 0.484 e. The minimum atomic E-state index is -3.80. The summed E-state index contributed by atoms with van der Waals surface area (Å²) in [6.07, 6.45) is 3.22. The van der Waals surface area contributed by atoms with Crippen LogP contribution in [-0.4, -0.2) is 217 Å². The summed E-state index contributed by atoms with van der Waals surface area (Å²) in [6, 6.07) is 23.5. The van der Waals surface area contributed by atoms with Gasteiger partial charge in [0.1, 0.15) is 23.7 Å². The second-order valence-electron chi connectivity index (χ2n) is 23.5. The standard InChI is InChI=1S/C62H82Cl2N14O10S2/c63-45-33-43(39-65)53-37-57(77-23-15-67-16-24-77)59(55(53)35-45)87-49-3-7-51(8-4-49)89(81,82)73-47-11-21-75(41-47)27-31-85-29-19-71-61(79)69-13-1-2-14-70-62(80)72-20-30-86-32-28-76-22-12-48(42-76)74-90(83,84)52-9-5-50(6-10-52)88-60-56-36-46(64)34-44(40-66)54(56)38-58(60)78-25-17-68-18-26-78/h3-10,33-36,47-48,57-60,67-68,73-74H,1-2,11-32,37-38,41-42H2,(H2,69,71,79)(H2,70,72,80)/t47-,48-,57+,58+,59+,60+/m1/s1. The van der Waals surface area contributed by atoms with Crippen molar-refractivity contribution in [3.63, 3.8) is 0 Å². The predicted molar refractivity (Wildman–Crippen MR) is 340 cm³/mol. The van der Waals surface area contributed by atoms with Gasteiger partial charge in [-0.15, -0.1) is 0 Å². The van der Waals surface area contributed by atoms with E-state index >= 15 is 0 Å². The van der Waals surface area contributed by atoms with Gasteiger partial charge in [-0.3, -0.25) is 19.6 Å². The molecule has 0 unspecified atom stereocenters. The number of carbonyl (C=O) groups is 2. The Morgan fingerprint density at radius 2 is 0.933 bits per heavy atom. The topological polar surface area (TPSA) is 296 Å². The summed E-state index contributed by atoms with van der Waals surface area (Å²) in [6.45, 7) is 13.6. The number of rotatable bonds is 29. The van der Waals surface area contributed by atoms with Crippen LogP contribution in [0.15, 0.2) is 82.6 Å². The fourth-order valence-corrected chi connectivity index (χ4v) is 15.8. The van der Waals surface area contributed by atoms with Crippen molar-refractivity contribution in [2.75, 3.05) is 144 Å². The van der Waals surface area contributed by atoms with Gasteiger partial charge in [0, 0.05) is 127 Å². The van der Waals surface area contributed by atoms with E-state index in [9.17, 15) is 36.9 Å². The summed E-state index contributed by atoms with van der Waals surface area (Å²) >= 11 is 12.9. The minimum Gasteiger partial charge on any atom is -0.484 e. The van der Waals surface area contributed by atoms with Crippen molar-refractivity contribution in [3.8, 4) is 23.6 Å². The lowest BCUT2D eigenvalue weighted by Gasteiger charge is -2.36. The van der Waals surface area contributed by atoms with Gasteiger partial charge in [-0.1, -0.05) is 23.2 Å². The Hall–Kier alpha value is -5.92. The third-order valence-electron chi connectivity index (χ3n) is 17.4. The lowest BCUT2D eigenvalue weighted by atomic mass is 10.0. The zero-order valence-corrected chi connectivity index (χ0v) is 53.7. The van der Waals surface area contributed by atoms with E-state index in [1.165, 1.54) is 0 Å². The number of urea groups is 2.